The zero-order chi connectivity index (χ0) is 14.9. The van der Waals surface area contributed by atoms with Gasteiger partial charge in [0.15, 0.2) is 0 Å². The predicted octanol–water partition coefficient (Wildman–Crippen LogP) is 3.12. The molecule has 0 amide bonds. The van der Waals surface area contributed by atoms with Crippen molar-refractivity contribution in [2.75, 3.05) is 17.2 Å². The molecule has 0 aliphatic heterocycles. The molecule has 0 atom stereocenters. The maximum atomic E-state index is 13.5. The number of nitrogens with zero attached hydrogens (tertiary/aromatic N) is 1. The fraction of sp³-hybridized carbons (Fsp3) is 0.533. The van der Waals surface area contributed by atoms with Crippen molar-refractivity contribution in [3.8, 4) is 0 Å². The van der Waals surface area contributed by atoms with Gasteiger partial charge in [-0.3, -0.25) is 0 Å². The van der Waals surface area contributed by atoms with Crippen LogP contribution >= 0.6 is 0 Å². The molecular weight excluding hydrogens is 259 g/mol. The van der Waals surface area contributed by atoms with Crippen LogP contribution < -0.4 is 10.6 Å². The van der Waals surface area contributed by atoms with Gasteiger partial charge in [-0.2, -0.15) is 0 Å². The number of aromatic carboxylic acids is 1. The number of carbonyl (C=O) groups is 1. The van der Waals surface area contributed by atoms with E-state index in [0.717, 1.165) is 25.8 Å². The van der Waals surface area contributed by atoms with Crippen LogP contribution in [0.15, 0.2) is 12.1 Å². The second kappa shape index (κ2) is 5.69. The molecule has 1 fully saturated rings. The van der Waals surface area contributed by atoms with E-state index in [4.69, 9.17) is 5.73 Å². The van der Waals surface area contributed by atoms with Gasteiger partial charge >= 0.3 is 5.97 Å². The molecule has 3 N–H and O–H groups in total. The van der Waals surface area contributed by atoms with Crippen molar-refractivity contribution in [2.45, 2.75) is 39.2 Å². The quantitative estimate of drug-likeness (QED) is 0.786. The average molecular weight is 280 g/mol. The van der Waals surface area contributed by atoms with Crippen molar-refractivity contribution < 1.29 is 14.3 Å². The Morgan fingerprint density at radius 1 is 1.50 bits per heavy atom. The number of anilines is 2. The number of carboxylic acid groups (broad SMARTS) is 1. The normalized spacial score (nSPS) is 14.6. The van der Waals surface area contributed by atoms with E-state index in [1.807, 2.05) is 0 Å². The van der Waals surface area contributed by atoms with E-state index in [1.165, 1.54) is 12.1 Å². The van der Waals surface area contributed by atoms with Gasteiger partial charge in [0.05, 0.1) is 11.4 Å². The minimum atomic E-state index is -1.17. The molecule has 0 saturated heterocycles. The van der Waals surface area contributed by atoms with Crippen LogP contribution in [0.2, 0.25) is 0 Å². The number of rotatable bonds is 6. The summed E-state index contributed by atoms with van der Waals surface area (Å²) in [7, 11) is 0. The minimum Gasteiger partial charge on any atom is -0.478 e. The molecular formula is C15H21FN2O2. The first-order valence-corrected chi connectivity index (χ1v) is 6.99. The molecule has 2 rings (SSSR count). The maximum absolute atomic E-state index is 13.5. The first kappa shape index (κ1) is 14.6. The molecule has 4 nitrogen and oxygen atoms in total. The van der Waals surface area contributed by atoms with Crippen LogP contribution in [0.3, 0.4) is 0 Å². The lowest BCUT2D eigenvalue weighted by Crippen LogP contribution is -2.30. The molecule has 1 aliphatic rings. The molecule has 20 heavy (non-hydrogen) atoms. The molecule has 0 bridgehead atoms. The highest BCUT2D eigenvalue weighted by Gasteiger charge is 2.32. The summed E-state index contributed by atoms with van der Waals surface area (Å²) < 4.78 is 13.5. The minimum absolute atomic E-state index is 0.111. The van der Waals surface area contributed by atoms with Gasteiger partial charge in [-0.05, 0) is 37.3 Å². The zero-order valence-electron chi connectivity index (χ0n) is 11.9. The van der Waals surface area contributed by atoms with E-state index < -0.39 is 11.8 Å². The first-order valence-electron chi connectivity index (χ1n) is 6.99. The highest BCUT2D eigenvalue weighted by atomic mass is 19.1. The Bertz CT molecular complexity index is 513. The van der Waals surface area contributed by atoms with Gasteiger partial charge in [0.25, 0.3) is 0 Å². The van der Waals surface area contributed by atoms with E-state index in [2.05, 4.69) is 18.7 Å². The Morgan fingerprint density at radius 2 is 2.15 bits per heavy atom. The van der Waals surface area contributed by atoms with Crippen LogP contribution in [0.1, 0.15) is 43.5 Å². The van der Waals surface area contributed by atoms with Crippen molar-refractivity contribution in [1.82, 2.24) is 0 Å². The third-order valence-electron chi connectivity index (χ3n) is 3.63. The Kier molecular flexibility index (Phi) is 4.16. The van der Waals surface area contributed by atoms with Gasteiger partial charge in [-0.25, -0.2) is 9.18 Å². The predicted molar refractivity (Wildman–Crippen MR) is 77.6 cm³/mol. The fourth-order valence-electron chi connectivity index (χ4n) is 2.33. The van der Waals surface area contributed by atoms with E-state index in [-0.39, 0.29) is 11.3 Å². The number of carboxylic acids is 1. The van der Waals surface area contributed by atoms with Crippen LogP contribution in [0.25, 0.3) is 0 Å². The second-order valence-corrected chi connectivity index (χ2v) is 5.77. The summed E-state index contributed by atoms with van der Waals surface area (Å²) in [6.45, 7) is 5.03. The van der Waals surface area contributed by atoms with Crippen LogP contribution in [0.4, 0.5) is 15.8 Å². The van der Waals surface area contributed by atoms with Crippen LogP contribution in [0, 0.1) is 11.7 Å². The molecule has 0 radical (unpaired) electrons. The monoisotopic (exact) mass is 280 g/mol. The van der Waals surface area contributed by atoms with Crippen LogP contribution in [0.5, 0.6) is 0 Å². The molecule has 0 spiro atoms. The van der Waals surface area contributed by atoms with E-state index in [1.54, 1.807) is 0 Å². The maximum Gasteiger partial charge on any atom is 0.340 e. The third-order valence-corrected chi connectivity index (χ3v) is 3.63. The van der Waals surface area contributed by atoms with Crippen molar-refractivity contribution in [3.05, 3.63) is 23.5 Å². The van der Waals surface area contributed by atoms with Gasteiger partial charge in [0.1, 0.15) is 11.4 Å². The van der Waals surface area contributed by atoms with Gasteiger partial charge in [-0.1, -0.05) is 13.8 Å². The smallest absolute Gasteiger partial charge is 0.340 e. The number of halogens is 1. The molecule has 0 aromatic heterocycles. The SMILES string of the molecule is CC(C)CCN(c1ccc(F)c(N)c1C(=O)O)C1CC1. The molecule has 0 heterocycles. The number of hydrogen-bond acceptors (Lipinski definition) is 3. The van der Waals surface area contributed by atoms with Crippen molar-refractivity contribution in [1.29, 1.82) is 0 Å². The summed E-state index contributed by atoms with van der Waals surface area (Å²) in [6.07, 6.45) is 3.07. The highest BCUT2D eigenvalue weighted by Crippen LogP contribution is 2.36. The number of hydrogen-bond donors (Lipinski definition) is 2. The summed E-state index contributed by atoms with van der Waals surface area (Å²) >= 11 is 0. The molecule has 1 aromatic rings. The van der Waals surface area contributed by atoms with Crippen molar-refractivity contribution in [3.63, 3.8) is 0 Å². The molecule has 1 aromatic carbocycles. The zero-order valence-corrected chi connectivity index (χ0v) is 11.9. The Labute approximate surface area is 118 Å². The largest absolute Gasteiger partial charge is 0.478 e. The lowest BCUT2D eigenvalue weighted by atomic mass is 10.1. The Hall–Kier alpha value is -1.78. The highest BCUT2D eigenvalue weighted by molar-refractivity contribution is 6.00. The topological polar surface area (TPSA) is 66.6 Å². The van der Waals surface area contributed by atoms with Crippen molar-refractivity contribution >= 4 is 17.3 Å². The molecule has 1 aliphatic carbocycles. The number of nitrogen functional groups attached to an aromatic ring is 1. The summed E-state index contributed by atoms with van der Waals surface area (Å²) in [5.74, 6) is -1.32. The second-order valence-electron chi connectivity index (χ2n) is 5.77. The first-order chi connectivity index (χ1) is 9.41. The van der Waals surface area contributed by atoms with Crippen LogP contribution in [-0.2, 0) is 0 Å². The van der Waals surface area contributed by atoms with E-state index in [9.17, 15) is 14.3 Å². The van der Waals surface area contributed by atoms with Gasteiger partial charge < -0.3 is 15.7 Å². The molecule has 0 unspecified atom stereocenters. The van der Waals surface area contributed by atoms with Gasteiger partial charge in [-0.15, -0.1) is 0 Å². The summed E-state index contributed by atoms with van der Waals surface area (Å²) in [4.78, 5) is 13.5. The summed E-state index contributed by atoms with van der Waals surface area (Å²) in [5.41, 5.74) is 5.77. The number of benzene rings is 1. The van der Waals surface area contributed by atoms with Gasteiger partial charge in [0, 0.05) is 12.6 Å². The van der Waals surface area contributed by atoms with E-state index >= 15 is 0 Å². The summed E-state index contributed by atoms with van der Waals surface area (Å²) in [6, 6.07) is 3.15. The molecule has 1 saturated carbocycles. The molecule has 5 heteroatoms. The Morgan fingerprint density at radius 3 is 2.65 bits per heavy atom. The van der Waals surface area contributed by atoms with Crippen LogP contribution in [-0.4, -0.2) is 23.7 Å². The standard InChI is InChI=1S/C15H21FN2O2/c1-9(2)7-8-18(10-3-4-10)12-6-5-11(16)14(17)13(12)15(19)20/h5-6,9-10H,3-4,7-8,17H2,1-2H3,(H,19,20). The summed E-state index contributed by atoms with van der Waals surface area (Å²) in [5, 5.41) is 9.33. The van der Waals surface area contributed by atoms with E-state index in [0.29, 0.717) is 17.6 Å². The van der Waals surface area contributed by atoms with Gasteiger partial charge in [0.2, 0.25) is 0 Å². The average Bonchev–Trinajstić information content (AvgIpc) is 3.17. The number of nitrogens with two attached hydrogens (primary N) is 1. The molecule has 110 valence electrons. The van der Waals surface area contributed by atoms with Crippen molar-refractivity contribution in [2.24, 2.45) is 5.92 Å². The Balaban J connectivity index is 2.37. The third kappa shape index (κ3) is 3.03. The lowest BCUT2D eigenvalue weighted by molar-refractivity contribution is 0.0698. The fourth-order valence-corrected chi connectivity index (χ4v) is 2.33. The lowest BCUT2D eigenvalue weighted by Gasteiger charge is -2.27.